The van der Waals surface area contributed by atoms with Crippen LogP contribution in [0.15, 0.2) is 182 Å². The summed E-state index contributed by atoms with van der Waals surface area (Å²) in [5.41, 5.74) is -18.9. The van der Waals surface area contributed by atoms with Gasteiger partial charge in [-0.25, -0.2) is 33.7 Å². The molecular weight excluding hydrogens is 1640 g/mol. The number of amides is 3. The Morgan fingerprint density at radius 1 is 0.345 bits per heavy atom. The van der Waals surface area contributed by atoms with Crippen molar-refractivity contribution in [2.45, 2.75) is 118 Å². The molecule has 0 unspecified atom stereocenters. The zero-order valence-electron chi connectivity index (χ0n) is 65.1. The molecule has 0 atom stereocenters. The van der Waals surface area contributed by atoms with Crippen LogP contribution in [0.25, 0.3) is 8.25 Å². The van der Waals surface area contributed by atoms with Crippen LogP contribution < -0.4 is 37.6 Å². The lowest BCUT2D eigenvalue weighted by atomic mass is 10.1. The van der Waals surface area contributed by atoms with Crippen molar-refractivity contribution in [2.24, 2.45) is 41.2 Å². The zero-order chi connectivity index (χ0) is 86.2. The minimum atomic E-state index is -6.72. The predicted molar refractivity (Wildman–Crippen MR) is 431 cm³/mol. The van der Waals surface area contributed by atoms with Crippen molar-refractivity contribution >= 4 is 116 Å². The summed E-state index contributed by atoms with van der Waals surface area (Å²) >= 11 is 5.52. The molecular formula is C76H104ClF12N7O11P2S4. The highest BCUT2D eigenvalue weighted by atomic mass is 35.5. The highest BCUT2D eigenvalue weighted by molar-refractivity contribution is 8.13. The molecule has 0 fully saturated rings. The van der Waals surface area contributed by atoms with Gasteiger partial charge in [-0.3, -0.25) is 19.3 Å². The van der Waals surface area contributed by atoms with E-state index in [2.05, 4.69) is 270 Å². The molecule has 0 radical (unpaired) electrons. The van der Waals surface area contributed by atoms with E-state index >= 15 is 0 Å². The highest BCUT2D eigenvalue weighted by Crippen LogP contribution is 2.57. The minimum absolute atomic E-state index is 0.0454. The van der Waals surface area contributed by atoms with Crippen LogP contribution in [0.3, 0.4) is 0 Å². The van der Waals surface area contributed by atoms with E-state index < -0.39 is 76.7 Å². The monoisotopic (exact) mass is 1740 g/mol. The lowest BCUT2D eigenvalue weighted by molar-refractivity contribution is -0.137. The molecule has 0 aliphatic heterocycles. The van der Waals surface area contributed by atoms with Gasteiger partial charge in [-0.15, -0.1) is 11.6 Å². The smallest absolute Gasteiger partial charge is 0.421 e. The molecule has 6 aromatic rings. The molecule has 113 heavy (non-hydrogen) atoms. The fraction of sp³-hybridized carbons (Fsp3) is 0.487. The van der Waals surface area contributed by atoms with Gasteiger partial charge in [0.05, 0.1) is 25.4 Å². The maximum absolute atomic E-state index is 13.9. The van der Waals surface area contributed by atoms with Gasteiger partial charge in [0.2, 0.25) is 17.7 Å². The quantitative estimate of drug-likeness (QED) is 0.0224. The normalized spacial score (nSPS) is 12.6. The van der Waals surface area contributed by atoms with Gasteiger partial charge in [-0.05, 0) is 128 Å². The summed E-state index contributed by atoms with van der Waals surface area (Å²) in [4.78, 5) is 47.2. The maximum Gasteiger partial charge on any atom is 0.480 e. The summed E-state index contributed by atoms with van der Waals surface area (Å²) in [5.74, 6) is 2.92. The van der Waals surface area contributed by atoms with Gasteiger partial charge in [0, 0.05) is 45.8 Å². The molecule has 3 amide bonds. The number of rotatable bonds is 34. The van der Waals surface area contributed by atoms with E-state index in [0.717, 1.165) is 79.2 Å². The fourth-order valence-electron chi connectivity index (χ4n) is 11.4. The number of hydrogen-bond acceptors (Lipinski definition) is 13. The van der Waals surface area contributed by atoms with E-state index in [4.69, 9.17) is 17.3 Å². The largest absolute Gasteiger partial charge is 0.480 e. The number of carbonyl (C=O) groups is 3. The maximum atomic E-state index is 13.9. The van der Waals surface area contributed by atoms with Crippen LogP contribution in [0.2, 0.25) is 0 Å². The van der Waals surface area contributed by atoms with Crippen LogP contribution in [-0.2, 0) is 54.5 Å². The average Bonchev–Trinajstić information content (AvgIpc) is 0.729. The molecule has 18 nitrogen and oxygen atoms in total. The number of benzene rings is 6. The van der Waals surface area contributed by atoms with E-state index in [1.54, 1.807) is 0 Å². The van der Waals surface area contributed by atoms with Gasteiger partial charge in [-0.2, -0.15) is 52.7 Å². The molecule has 0 heterocycles. The first kappa shape index (κ1) is 103. The molecule has 0 saturated heterocycles. The number of halogens is 13. The Morgan fingerprint density at radius 2 is 0.531 bits per heavy atom. The lowest BCUT2D eigenvalue weighted by Gasteiger charge is -2.33. The molecule has 0 aliphatic rings. The molecule has 0 aromatic heterocycles. The molecule has 0 spiro atoms. The Morgan fingerprint density at radius 3 is 0.699 bits per heavy atom. The van der Waals surface area contributed by atoms with Crippen molar-refractivity contribution in [1.29, 1.82) is 0 Å². The molecule has 0 saturated carbocycles. The molecule has 6 aromatic carbocycles. The van der Waals surface area contributed by atoms with E-state index in [1.165, 1.54) is 31.8 Å². The van der Waals surface area contributed by atoms with Gasteiger partial charge in [0.25, 0.3) is 0 Å². The second-order valence-electron chi connectivity index (χ2n) is 28.5. The van der Waals surface area contributed by atoms with Gasteiger partial charge in [0.1, 0.15) is 52.2 Å². The Bertz CT molecular complexity index is 3840. The fourth-order valence-corrected chi connectivity index (χ4v) is 23.7. The van der Waals surface area contributed by atoms with Crippen molar-refractivity contribution in [1.82, 2.24) is 19.6 Å². The number of nitrogens with zero attached hydrogens (tertiary/aromatic N) is 6. The molecule has 0 aliphatic carbocycles. The first-order valence-corrected chi connectivity index (χ1v) is 46.1. The van der Waals surface area contributed by atoms with Crippen molar-refractivity contribution in [3.63, 3.8) is 0 Å². The third kappa shape index (κ3) is 33.7. The number of nitrogens with two attached hydrogens (primary N) is 1. The van der Waals surface area contributed by atoms with Gasteiger partial charge in [0.15, 0.2) is 40.1 Å². The topological polar surface area (TPSA) is 255 Å². The van der Waals surface area contributed by atoms with Crippen LogP contribution in [0.1, 0.15) is 95.9 Å². The molecule has 2 N–H and O–H groups in total. The molecule has 634 valence electrons. The number of hydrogen-bond donors (Lipinski definition) is 1. The van der Waals surface area contributed by atoms with Crippen LogP contribution in [0.4, 0.5) is 52.7 Å². The number of sulfonamides is 4. The van der Waals surface area contributed by atoms with Crippen molar-refractivity contribution in [3.8, 4) is 0 Å². The Kier molecular flexibility index (Phi) is 42.4. The summed E-state index contributed by atoms with van der Waals surface area (Å²) in [6.07, 6.45) is 3.97. The SMILES string of the molecule is CC(C)CN(CC(C)C)C(=O)CCl.CC(C)CN(CC(C)C)C(=O)CN(CCC[P+](c1ccccc1)(c1ccccc1)c1ccccc1)CC(=O)N(CC(C)C)CC(C)C.NCCC[P+](c1ccccc1)(c1ccccc1)c1ccccc1.O=S(=O)([N-]S(=O)(=O)C(F)(F)F)C(F)(F)F.O=S(=O)([N-]S(=O)(=O)C(F)(F)F)C(F)(F)F. The van der Waals surface area contributed by atoms with Gasteiger partial charge < -0.3 is 28.7 Å². The Labute approximate surface area is 665 Å². The first-order chi connectivity index (χ1) is 52.2. The average molecular weight is 1750 g/mol. The Hall–Kier alpha value is -6.32. The van der Waals surface area contributed by atoms with E-state index in [1.807, 2.05) is 14.7 Å². The summed E-state index contributed by atoms with van der Waals surface area (Å²) in [5, 5.41) is 8.38. The summed E-state index contributed by atoms with van der Waals surface area (Å²) in [7, 11) is -30.5. The predicted octanol–water partition coefficient (Wildman–Crippen LogP) is 14.8. The summed E-state index contributed by atoms with van der Waals surface area (Å²) in [6.45, 7) is 32.2. The minimum Gasteiger partial charge on any atom is -0.421 e. The second kappa shape index (κ2) is 46.6. The van der Waals surface area contributed by atoms with Crippen LogP contribution in [-0.4, -0.2) is 177 Å². The number of carbonyl (C=O) groups excluding carboxylic acids is 3. The third-order valence-corrected chi connectivity index (χ3v) is 30.6. The standard InChI is InChI=1S/C41H61N3O2P.C21H23NP.C10H20ClNO.2C2F6NO4S2/c1-33(2)27-43(28-34(3)4)40(45)31-42(32-41(46)44(29-35(5)6)30-36(7)8)25-18-26-47(37-19-12-9-13-20-37,38-21-14-10-15-22-38)39-23-16-11-17-24-39;22-17-10-18-23(19-11-4-1-5-12-19,20-13-6-2-7-14-20)21-15-8-3-9-16-21;1-8(2)6-12(7-9(3)4)10(13)5-11;2*3-1(4,5)14(10,11)9-15(12,13)2(6,7)8/h9-17,19-24,33-36H,18,25-32H2,1-8H3;1-9,11-16H,10,17-18,22H2;8-9H,5-7H2,1-4H3;;/q2*+1;;2*-1. The molecule has 6 rings (SSSR count). The van der Waals surface area contributed by atoms with Crippen molar-refractivity contribution < 1.29 is 101 Å². The first-order valence-electron chi connectivity index (χ1n) is 35.8. The zero-order valence-corrected chi connectivity index (χ0v) is 70.9. The van der Waals surface area contributed by atoms with Crippen molar-refractivity contribution in [3.05, 3.63) is 190 Å². The number of alkyl halides is 13. The van der Waals surface area contributed by atoms with Crippen LogP contribution in [0, 0.1) is 35.5 Å². The van der Waals surface area contributed by atoms with E-state index in [0.29, 0.717) is 42.1 Å². The van der Waals surface area contributed by atoms with Crippen LogP contribution in [0.5, 0.6) is 0 Å². The summed E-state index contributed by atoms with van der Waals surface area (Å²) < 4.78 is 218. The van der Waals surface area contributed by atoms with Crippen molar-refractivity contribution in [2.75, 3.05) is 83.7 Å². The summed E-state index contributed by atoms with van der Waals surface area (Å²) in [6, 6.07) is 65.7. The van der Waals surface area contributed by atoms with Gasteiger partial charge >= 0.3 is 22.0 Å². The lowest BCUT2D eigenvalue weighted by Crippen LogP contribution is -2.48. The Balaban J connectivity index is 0.000000542. The molecule has 0 bridgehead atoms. The van der Waals surface area contributed by atoms with E-state index in [-0.39, 0.29) is 36.7 Å². The second-order valence-corrected chi connectivity index (χ2v) is 42.9. The van der Waals surface area contributed by atoms with Gasteiger partial charge in [-0.1, -0.05) is 192 Å². The van der Waals surface area contributed by atoms with E-state index in [9.17, 15) is 101 Å². The third-order valence-electron chi connectivity index (χ3n) is 15.8. The van der Waals surface area contributed by atoms with Crippen LogP contribution >= 0.6 is 26.1 Å². The highest BCUT2D eigenvalue weighted by Gasteiger charge is 2.50. The molecule has 37 heteroatoms.